The summed E-state index contributed by atoms with van der Waals surface area (Å²) >= 11 is 0. The maximum Gasteiger partial charge on any atom is 0.335 e. The third-order valence-corrected chi connectivity index (χ3v) is 2.31. The van der Waals surface area contributed by atoms with Gasteiger partial charge < -0.3 is 10.4 Å². The summed E-state index contributed by atoms with van der Waals surface area (Å²) in [6, 6.07) is 6.10. The minimum atomic E-state index is -1.02. The van der Waals surface area contributed by atoms with Crippen LogP contribution < -0.4 is 5.32 Å². The van der Waals surface area contributed by atoms with E-state index in [4.69, 9.17) is 5.11 Å². The number of carboxylic acids is 1. The Kier molecular flexibility index (Phi) is 3.00. The molecule has 0 spiro atoms. The van der Waals surface area contributed by atoms with E-state index in [2.05, 4.69) is 10.3 Å². The normalized spacial score (nSPS) is 13.3. The molecule has 0 aromatic heterocycles. The van der Waals surface area contributed by atoms with Crippen LogP contribution >= 0.6 is 0 Å². The van der Waals surface area contributed by atoms with E-state index in [9.17, 15) is 9.59 Å². The number of rotatable bonds is 3. The molecule has 2 N–H and O–H groups in total. The van der Waals surface area contributed by atoms with Crippen LogP contribution in [-0.4, -0.2) is 23.2 Å². The van der Waals surface area contributed by atoms with Gasteiger partial charge in [0.15, 0.2) is 0 Å². The summed E-state index contributed by atoms with van der Waals surface area (Å²) in [6.07, 6.45) is 3.64. The Morgan fingerprint density at radius 1 is 1.35 bits per heavy atom. The molecule has 0 bridgehead atoms. The van der Waals surface area contributed by atoms with Gasteiger partial charge in [-0.2, -0.15) is 0 Å². The minimum Gasteiger partial charge on any atom is -0.478 e. The minimum absolute atomic E-state index is 0.138. The standard InChI is InChI=1S/C12H10N2O3/c15-11(9-4-5-13-7-9)14-10-3-1-2-8(6-10)12(16)17/h1-3,5-7H,4H2,(H,14,15)(H,16,17). The van der Waals surface area contributed by atoms with Crippen molar-refractivity contribution in [2.45, 2.75) is 6.42 Å². The van der Waals surface area contributed by atoms with Crippen molar-refractivity contribution in [1.29, 1.82) is 0 Å². The molecule has 0 saturated heterocycles. The molecule has 1 aromatic carbocycles. The number of aliphatic imine (C=N–C) groups is 1. The van der Waals surface area contributed by atoms with Crippen LogP contribution in [0.1, 0.15) is 16.8 Å². The molecule has 0 saturated carbocycles. The lowest BCUT2D eigenvalue weighted by molar-refractivity contribution is -0.112. The molecule has 0 atom stereocenters. The molecular formula is C12H10N2O3. The fourth-order valence-electron chi connectivity index (χ4n) is 1.44. The van der Waals surface area contributed by atoms with Gasteiger partial charge in [0, 0.05) is 30.1 Å². The second-order valence-electron chi connectivity index (χ2n) is 3.53. The van der Waals surface area contributed by atoms with Gasteiger partial charge in [0.2, 0.25) is 0 Å². The van der Waals surface area contributed by atoms with Crippen molar-refractivity contribution in [1.82, 2.24) is 0 Å². The first-order valence-corrected chi connectivity index (χ1v) is 5.02. The van der Waals surface area contributed by atoms with E-state index < -0.39 is 5.97 Å². The number of anilines is 1. The third-order valence-electron chi connectivity index (χ3n) is 2.31. The molecule has 5 heteroatoms. The smallest absolute Gasteiger partial charge is 0.335 e. The van der Waals surface area contributed by atoms with Crippen LogP contribution in [0.2, 0.25) is 0 Å². The molecular weight excluding hydrogens is 220 g/mol. The average molecular weight is 230 g/mol. The SMILES string of the molecule is O=C(Nc1cccc(C(=O)O)c1)C1=CN=CC1. The molecule has 1 aliphatic heterocycles. The van der Waals surface area contributed by atoms with Crippen LogP contribution in [0.3, 0.4) is 0 Å². The Hall–Kier alpha value is -2.43. The maximum absolute atomic E-state index is 11.7. The Morgan fingerprint density at radius 3 is 2.82 bits per heavy atom. The molecule has 5 nitrogen and oxygen atoms in total. The van der Waals surface area contributed by atoms with Gasteiger partial charge in [-0.3, -0.25) is 9.79 Å². The Bertz CT molecular complexity index is 532. The summed E-state index contributed by atoms with van der Waals surface area (Å²) in [5.74, 6) is -1.28. The van der Waals surface area contributed by atoms with Gasteiger partial charge in [0.05, 0.1) is 5.56 Å². The lowest BCUT2D eigenvalue weighted by atomic mass is 10.2. The number of nitrogens with one attached hydrogen (secondary N) is 1. The van der Waals surface area contributed by atoms with Gasteiger partial charge in [0.1, 0.15) is 0 Å². The Morgan fingerprint density at radius 2 is 2.18 bits per heavy atom. The lowest BCUT2D eigenvalue weighted by Crippen LogP contribution is -2.14. The van der Waals surface area contributed by atoms with Gasteiger partial charge in [-0.1, -0.05) is 6.07 Å². The van der Waals surface area contributed by atoms with Gasteiger partial charge in [-0.05, 0) is 18.2 Å². The van der Waals surface area contributed by atoms with Gasteiger partial charge in [-0.25, -0.2) is 4.79 Å². The van der Waals surface area contributed by atoms with E-state index in [1.807, 2.05) is 0 Å². The fourth-order valence-corrected chi connectivity index (χ4v) is 1.44. The van der Waals surface area contributed by atoms with Crippen molar-refractivity contribution >= 4 is 23.8 Å². The molecule has 1 aliphatic rings. The number of hydrogen-bond acceptors (Lipinski definition) is 3. The highest BCUT2D eigenvalue weighted by Crippen LogP contribution is 2.14. The third kappa shape index (κ3) is 2.57. The number of nitrogens with zero attached hydrogens (tertiary/aromatic N) is 1. The van der Waals surface area contributed by atoms with E-state index in [1.165, 1.54) is 18.3 Å². The molecule has 0 aliphatic carbocycles. The van der Waals surface area contributed by atoms with Crippen LogP contribution in [0.5, 0.6) is 0 Å². The zero-order valence-electron chi connectivity index (χ0n) is 8.88. The highest BCUT2D eigenvalue weighted by atomic mass is 16.4. The van der Waals surface area contributed by atoms with E-state index in [0.29, 0.717) is 17.7 Å². The highest BCUT2D eigenvalue weighted by molar-refractivity contribution is 6.06. The molecule has 0 radical (unpaired) electrons. The number of amides is 1. The summed E-state index contributed by atoms with van der Waals surface area (Å²) in [7, 11) is 0. The number of carbonyl (C=O) groups excluding carboxylic acids is 1. The van der Waals surface area contributed by atoms with Crippen LogP contribution in [0.25, 0.3) is 0 Å². The number of carbonyl (C=O) groups is 2. The first-order chi connectivity index (χ1) is 8.16. The van der Waals surface area contributed by atoms with Crippen LogP contribution in [0.15, 0.2) is 41.0 Å². The number of aromatic carboxylic acids is 1. The summed E-state index contributed by atoms with van der Waals surface area (Å²) in [5, 5.41) is 11.4. The summed E-state index contributed by atoms with van der Waals surface area (Å²) in [4.78, 5) is 26.3. The molecule has 1 aromatic rings. The molecule has 0 fully saturated rings. The largest absolute Gasteiger partial charge is 0.478 e. The van der Waals surface area contributed by atoms with Crippen molar-refractivity contribution in [3.05, 3.63) is 41.6 Å². The monoisotopic (exact) mass is 230 g/mol. The second-order valence-corrected chi connectivity index (χ2v) is 3.53. The lowest BCUT2D eigenvalue weighted by Gasteiger charge is -2.05. The molecule has 1 amide bonds. The van der Waals surface area contributed by atoms with Crippen LogP contribution in [0, 0.1) is 0 Å². The predicted octanol–water partition coefficient (Wildman–Crippen LogP) is 1.68. The summed E-state index contributed by atoms with van der Waals surface area (Å²) in [6.45, 7) is 0. The Labute approximate surface area is 97.5 Å². The van der Waals surface area contributed by atoms with E-state index in [-0.39, 0.29) is 11.5 Å². The maximum atomic E-state index is 11.7. The topological polar surface area (TPSA) is 78.8 Å². The quantitative estimate of drug-likeness (QED) is 0.829. The fraction of sp³-hybridized carbons (Fsp3) is 0.0833. The highest BCUT2D eigenvalue weighted by Gasteiger charge is 2.12. The van der Waals surface area contributed by atoms with E-state index in [1.54, 1.807) is 18.3 Å². The number of benzene rings is 1. The summed E-state index contributed by atoms with van der Waals surface area (Å²) in [5.41, 5.74) is 1.16. The van der Waals surface area contributed by atoms with Crippen molar-refractivity contribution < 1.29 is 14.7 Å². The first-order valence-electron chi connectivity index (χ1n) is 5.02. The first kappa shape index (κ1) is 11.1. The molecule has 17 heavy (non-hydrogen) atoms. The van der Waals surface area contributed by atoms with E-state index >= 15 is 0 Å². The van der Waals surface area contributed by atoms with Gasteiger partial charge in [0.25, 0.3) is 5.91 Å². The molecule has 86 valence electrons. The second kappa shape index (κ2) is 4.61. The molecule has 1 heterocycles. The average Bonchev–Trinajstić information content (AvgIpc) is 2.82. The van der Waals surface area contributed by atoms with Crippen molar-refractivity contribution in [3.63, 3.8) is 0 Å². The van der Waals surface area contributed by atoms with Gasteiger partial charge >= 0.3 is 5.97 Å². The zero-order valence-corrected chi connectivity index (χ0v) is 8.88. The van der Waals surface area contributed by atoms with Crippen molar-refractivity contribution in [3.8, 4) is 0 Å². The summed E-state index contributed by atoms with van der Waals surface area (Å²) < 4.78 is 0. The predicted molar refractivity (Wildman–Crippen MR) is 63.2 cm³/mol. The molecule has 0 unspecified atom stereocenters. The van der Waals surface area contributed by atoms with Crippen LogP contribution in [0.4, 0.5) is 5.69 Å². The Balaban J connectivity index is 2.11. The number of carboxylic acid groups (broad SMARTS) is 1. The van der Waals surface area contributed by atoms with Crippen LogP contribution in [-0.2, 0) is 4.79 Å². The van der Waals surface area contributed by atoms with Crippen molar-refractivity contribution in [2.24, 2.45) is 4.99 Å². The van der Waals surface area contributed by atoms with E-state index in [0.717, 1.165) is 0 Å². The molecule has 2 rings (SSSR count). The number of hydrogen-bond donors (Lipinski definition) is 2. The van der Waals surface area contributed by atoms with Crippen molar-refractivity contribution in [2.75, 3.05) is 5.32 Å². The van der Waals surface area contributed by atoms with Gasteiger partial charge in [-0.15, -0.1) is 0 Å². The zero-order chi connectivity index (χ0) is 12.3.